The van der Waals surface area contributed by atoms with Gasteiger partial charge in [-0.25, -0.2) is 4.39 Å². The van der Waals surface area contributed by atoms with E-state index in [1.54, 1.807) is 31.2 Å². The molecule has 0 fully saturated rings. The maximum Gasteiger partial charge on any atom is 0.255 e. The SMILES string of the molecule is Cc1cc(F)ccc1C(=O)Nc1ccccc1CC(N)=O. The van der Waals surface area contributed by atoms with Crippen molar-refractivity contribution in [3.05, 3.63) is 65.0 Å². The Morgan fingerprint density at radius 3 is 2.57 bits per heavy atom. The average molecular weight is 286 g/mol. The minimum Gasteiger partial charge on any atom is -0.369 e. The monoisotopic (exact) mass is 286 g/mol. The molecule has 0 bridgehead atoms. The van der Waals surface area contributed by atoms with E-state index in [9.17, 15) is 14.0 Å². The van der Waals surface area contributed by atoms with Crippen LogP contribution in [0.4, 0.5) is 10.1 Å². The van der Waals surface area contributed by atoms with Crippen molar-refractivity contribution < 1.29 is 14.0 Å². The first-order chi connectivity index (χ1) is 9.97. The van der Waals surface area contributed by atoms with E-state index in [-0.39, 0.29) is 12.3 Å². The van der Waals surface area contributed by atoms with Gasteiger partial charge in [0.2, 0.25) is 5.91 Å². The van der Waals surface area contributed by atoms with Gasteiger partial charge in [-0.05, 0) is 42.3 Å². The molecule has 4 nitrogen and oxygen atoms in total. The van der Waals surface area contributed by atoms with Gasteiger partial charge in [-0.1, -0.05) is 18.2 Å². The van der Waals surface area contributed by atoms with E-state index in [1.165, 1.54) is 18.2 Å². The molecule has 0 aliphatic rings. The Kier molecular flexibility index (Phi) is 4.33. The highest BCUT2D eigenvalue weighted by Crippen LogP contribution is 2.18. The Morgan fingerprint density at radius 2 is 1.90 bits per heavy atom. The van der Waals surface area contributed by atoms with Crippen LogP contribution >= 0.6 is 0 Å². The zero-order valence-electron chi connectivity index (χ0n) is 11.5. The molecule has 3 N–H and O–H groups in total. The molecule has 2 amide bonds. The first-order valence-electron chi connectivity index (χ1n) is 6.41. The van der Waals surface area contributed by atoms with Gasteiger partial charge >= 0.3 is 0 Å². The zero-order chi connectivity index (χ0) is 15.4. The number of primary amides is 1. The first-order valence-corrected chi connectivity index (χ1v) is 6.41. The van der Waals surface area contributed by atoms with Crippen LogP contribution in [0.15, 0.2) is 42.5 Å². The second-order valence-electron chi connectivity index (χ2n) is 4.71. The van der Waals surface area contributed by atoms with Crippen molar-refractivity contribution in [2.75, 3.05) is 5.32 Å². The molecule has 5 heteroatoms. The molecule has 0 aliphatic carbocycles. The van der Waals surface area contributed by atoms with E-state index in [0.29, 0.717) is 22.4 Å². The lowest BCUT2D eigenvalue weighted by atomic mass is 10.1. The van der Waals surface area contributed by atoms with E-state index in [0.717, 1.165) is 0 Å². The number of benzene rings is 2. The van der Waals surface area contributed by atoms with Crippen LogP contribution in [0.2, 0.25) is 0 Å². The van der Waals surface area contributed by atoms with Crippen LogP contribution in [-0.4, -0.2) is 11.8 Å². The summed E-state index contributed by atoms with van der Waals surface area (Å²) in [4.78, 5) is 23.3. The maximum absolute atomic E-state index is 13.1. The molecule has 0 heterocycles. The highest BCUT2D eigenvalue weighted by molar-refractivity contribution is 6.05. The minimum absolute atomic E-state index is 0.0405. The van der Waals surface area contributed by atoms with Gasteiger partial charge in [-0.15, -0.1) is 0 Å². The third kappa shape index (κ3) is 3.66. The highest BCUT2D eigenvalue weighted by Gasteiger charge is 2.12. The summed E-state index contributed by atoms with van der Waals surface area (Å²) in [7, 11) is 0. The van der Waals surface area contributed by atoms with Crippen molar-refractivity contribution in [3.63, 3.8) is 0 Å². The average Bonchev–Trinajstić information content (AvgIpc) is 2.40. The Labute approximate surface area is 121 Å². The fraction of sp³-hybridized carbons (Fsp3) is 0.125. The predicted molar refractivity (Wildman–Crippen MR) is 78.4 cm³/mol. The van der Waals surface area contributed by atoms with Gasteiger partial charge in [0, 0.05) is 11.3 Å². The smallest absolute Gasteiger partial charge is 0.255 e. The summed E-state index contributed by atoms with van der Waals surface area (Å²) in [6.45, 7) is 1.66. The number of nitrogens with two attached hydrogens (primary N) is 1. The van der Waals surface area contributed by atoms with Crippen molar-refractivity contribution in [2.24, 2.45) is 5.73 Å². The molecule has 2 aromatic rings. The molecule has 0 atom stereocenters. The lowest BCUT2D eigenvalue weighted by Gasteiger charge is -2.11. The number of aryl methyl sites for hydroxylation is 1. The summed E-state index contributed by atoms with van der Waals surface area (Å²) >= 11 is 0. The number of carbonyl (C=O) groups excluding carboxylic acids is 2. The second kappa shape index (κ2) is 6.17. The molecule has 0 radical (unpaired) electrons. The largest absolute Gasteiger partial charge is 0.369 e. The van der Waals surface area contributed by atoms with Crippen LogP contribution < -0.4 is 11.1 Å². The molecule has 0 saturated heterocycles. The van der Waals surface area contributed by atoms with Gasteiger partial charge in [-0.2, -0.15) is 0 Å². The number of rotatable bonds is 4. The van der Waals surface area contributed by atoms with Crippen molar-refractivity contribution in [2.45, 2.75) is 13.3 Å². The van der Waals surface area contributed by atoms with E-state index >= 15 is 0 Å². The summed E-state index contributed by atoms with van der Waals surface area (Å²) in [6.07, 6.45) is 0.0405. The maximum atomic E-state index is 13.1. The molecule has 0 unspecified atom stereocenters. The van der Waals surface area contributed by atoms with Gasteiger partial charge < -0.3 is 11.1 Å². The van der Waals surface area contributed by atoms with Gasteiger partial charge in [0.05, 0.1) is 6.42 Å². The van der Waals surface area contributed by atoms with Crippen LogP contribution in [0, 0.1) is 12.7 Å². The van der Waals surface area contributed by atoms with Crippen molar-refractivity contribution in [1.29, 1.82) is 0 Å². The number of nitrogens with one attached hydrogen (secondary N) is 1. The Bertz CT molecular complexity index is 698. The number of amides is 2. The number of halogens is 1. The summed E-state index contributed by atoms with van der Waals surface area (Å²) in [6, 6.07) is 10.9. The molecule has 0 saturated carbocycles. The van der Waals surface area contributed by atoms with Gasteiger partial charge in [0.25, 0.3) is 5.91 Å². The Hall–Kier alpha value is -2.69. The fourth-order valence-corrected chi connectivity index (χ4v) is 2.06. The second-order valence-corrected chi connectivity index (χ2v) is 4.71. The van der Waals surface area contributed by atoms with Crippen LogP contribution in [0.1, 0.15) is 21.5 Å². The van der Waals surface area contributed by atoms with Crippen LogP contribution in [0.3, 0.4) is 0 Å². The van der Waals surface area contributed by atoms with Crippen molar-refractivity contribution >= 4 is 17.5 Å². The number of anilines is 1. The quantitative estimate of drug-likeness (QED) is 0.906. The van der Waals surface area contributed by atoms with E-state index in [2.05, 4.69) is 5.32 Å². The van der Waals surface area contributed by atoms with Gasteiger partial charge in [0.15, 0.2) is 0 Å². The van der Waals surface area contributed by atoms with Crippen LogP contribution in [-0.2, 0) is 11.2 Å². The Balaban J connectivity index is 2.25. The molecular formula is C16H15FN2O2. The molecule has 21 heavy (non-hydrogen) atoms. The lowest BCUT2D eigenvalue weighted by molar-refractivity contribution is -0.117. The number of carbonyl (C=O) groups is 2. The first kappa shape index (κ1) is 14.7. The highest BCUT2D eigenvalue weighted by atomic mass is 19.1. The zero-order valence-corrected chi connectivity index (χ0v) is 11.5. The van der Waals surface area contributed by atoms with Crippen molar-refractivity contribution in [1.82, 2.24) is 0 Å². The third-order valence-electron chi connectivity index (χ3n) is 3.06. The normalized spacial score (nSPS) is 10.2. The fourth-order valence-electron chi connectivity index (χ4n) is 2.06. The molecule has 108 valence electrons. The topological polar surface area (TPSA) is 72.2 Å². The summed E-state index contributed by atoms with van der Waals surface area (Å²) < 4.78 is 13.1. The van der Waals surface area contributed by atoms with E-state index in [1.807, 2.05) is 0 Å². The van der Waals surface area contributed by atoms with E-state index < -0.39 is 11.7 Å². The summed E-state index contributed by atoms with van der Waals surface area (Å²) in [5.74, 6) is -1.22. The molecule has 2 rings (SSSR count). The molecular weight excluding hydrogens is 271 g/mol. The van der Waals surface area contributed by atoms with Crippen molar-refractivity contribution in [3.8, 4) is 0 Å². The van der Waals surface area contributed by atoms with Gasteiger partial charge in [0.1, 0.15) is 5.82 Å². The lowest BCUT2D eigenvalue weighted by Crippen LogP contribution is -2.18. The van der Waals surface area contributed by atoms with Gasteiger partial charge in [-0.3, -0.25) is 9.59 Å². The van der Waals surface area contributed by atoms with E-state index in [4.69, 9.17) is 5.73 Å². The predicted octanol–water partition coefficient (Wildman–Crippen LogP) is 2.41. The summed E-state index contributed by atoms with van der Waals surface area (Å²) in [5, 5.41) is 2.72. The van der Waals surface area contributed by atoms with Crippen LogP contribution in [0.25, 0.3) is 0 Å². The summed E-state index contributed by atoms with van der Waals surface area (Å²) in [5.41, 5.74) is 7.26. The number of hydrogen-bond donors (Lipinski definition) is 2. The molecule has 0 aromatic heterocycles. The molecule has 2 aromatic carbocycles. The Morgan fingerprint density at radius 1 is 1.19 bits per heavy atom. The molecule has 0 spiro atoms. The molecule has 0 aliphatic heterocycles. The third-order valence-corrected chi connectivity index (χ3v) is 3.06. The minimum atomic E-state index is -0.477. The standard InChI is InChI=1S/C16H15FN2O2/c1-10-8-12(17)6-7-13(10)16(21)19-14-5-3-2-4-11(14)9-15(18)20/h2-8H,9H2,1H3,(H2,18,20)(H,19,21). The number of para-hydroxylation sites is 1. The van der Waals surface area contributed by atoms with Crippen LogP contribution in [0.5, 0.6) is 0 Å². The number of hydrogen-bond acceptors (Lipinski definition) is 2.